The number of nitrogens with one attached hydrogen (secondary N) is 1. The number of amides is 1. The van der Waals surface area contributed by atoms with E-state index in [1.54, 1.807) is 0 Å². The quantitative estimate of drug-likeness (QED) is 0.756. The number of fused-ring (bicyclic) bond motifs is 3. The second-order valence-electron chi connectivity index (χ2n) is 10.9. The Kier molecular flexibility index (Phi) is 6.12. The van der Waals surface area contributed by atoms with E-state index in [0.29, 0.717) is 11.8 Å². The number of ether oxygens (including phenoxy) is 1. The maximum Gasteiger partial charge on any atom is 0.407 e. The highest BCUT2D eigenvalue weighted by atomic mass is 16.6. The van der Waals surface area contributed by atoms with Crippen LogP contribution in [0.15, 0.2) is 12.4 Å². The highest BCUT2D eigenvalue weighted by Crippen LogP contribution is 2.38. The van der Waals surface area contributed by atoms with Gasteiger partial charge in [0.15, 0.2) is 0 Å². The second kappa shape index (κ2) is 9.05. The van der Waals surface area contributed by atoms with E-state index in [-0.39, 0.29) is 12.1 Å². The number of alkyl carbamates (subject to hydrolysis) is 1. The van der Waals surface area contributed by atoms with Crippen molar-refractivity contribution in [3.8, 4) is 0 Å². The number of carbonyl (C=O) groups is 1. The predicted molar refractivity (Wildman–Crippen MR) is 127 cm³/mol. The average Bonchev–Trinajstić information content (AvgIpc) is 3.40. The molecule has 1 saturated heterocycles. The summed E-state index contributed by atoms with van der Waals surface area (Å²) in [5.74, 6) is 1.18. The first-order valence-corrected chi connectivity index (χ1v) is 12.5. The van der Waals surface area contributed by atoms with Gasteiger partial charge in [0, 0.05) is 37.2 Å². The molecule has 2 aliphatic carbocycles. The molecule has 8 heteroatoms. The molecule has 8 nitrogen and oxygen atoms in total. The fraction of sp³-hybridized carbons (Fsp3) is 0.680. The Hall–Kier alpha value is -2.48. The van der Waals surface area contributed by atoms with Crippen LogP contribution in [0.4, 0.5) is 4.79 Å². The number of hydrogen-bond acceptors (Lipinski definition) is 6. The number of hydrogen-bond donors (Lipinski definition) is 1. The molecule has 0 radical (unpaired) electrons. The van der Waals surface area contributed by atoms with Crippen molar-refractivity contribution in [3.63, 3.8) is 0 Å². The van der Waals surface area contributed by atoms with Gasteiger partial charge in [0.05, 0.1) is 11.4 Å². The van der Waals surface area contributed by atoms with E-state index in [4.69, 9.17) is 4.74 Å². The van der Waals surface area contributed by atoms with Crippen LogP contribution in [0, 0.1) is 5.92 Å². The summed E-state index contributed by atoms with van der Waals surface area (Å²) in [5, 5.41) is 12.0. The van der Waals surface area contributed by atoms with Crippen molar-refractivity contribution in [3.05, 3.63) is 29.4 Å². The smallest absolute Gasteiger partial charge is 0.407 e. The molecule has 0 bridgehead atoms. The summed E-state index contributed by atoms with van der Waals surface area (Å²) < 4.78 is 7.27. The molecule has 2 aromatic rings. The number of rotatable bonds is 4. The standard InChI is InChI=1S/C25H36N6O2/c1-25(2,3)33-24(32)27-19-12-13-30(15-19)14-17-8-10-18(11-9-17)22-23-20-6-4-5-7-21(20)26-16-31(23)29-28-22/h4,6,16-19H,5,7-15H2,1-3H3,(H,27,32). The number of allylic oxidation sites excluding steroid dienone is 1. The van der Waals surface area contributed by atoms with Crippen LogP contribution in [0.5, 0.6) is 0 Å². The summed E-state index contributed by atoms with van der Waals surface area (Å²) in [6, 6.07) is 0.187. The van der Waals surface area contributed by atoms with Crippen LogP contribution >= 0.6 is 0 Å². The number of aromatic nitrogens is 4. The van der Waals surface area contributed by atoms with Gasteiger partial charge in [0.25, 0.3) is 0 Å². The largest absolute Gasteiger partial charge is 0.444 e. The molecular formula is C25H36N6O2. The third-order valence-corrected chi connectivity index (χ3v) is 7.18. The van der Waals surface area contributed by atoms with Crippen molar-refractivity contribution in [1.29, 1.82) is 0 Å². The fourth-order valence-corrected chi connectivity index (χ4v) is 5.62. The van der Waals surface area contributed by atoms with Gasteiger partial charge in [-0.1, -0.05) is 17.4 Å². The molecule has 3 heterocycles. The molecule has 2 fully saturated rings. The van der Waals surface area contributed by atoms with Gasteiger partial charge in [-0.25, -0.2) is 14.3 Å². The van der Waals surface area contributed by atoms with E-state index in [1.165, 1.54) is 24.1 Å². The minimum Gasteiger partial charge on any atom is -0.444 e. The van der Waals surface area contributed by atoms with Crippen LogP contribution in [-0.4, -0.2) is 62.1 Å². The lowest BCUT2D eigenvalue weighted by Crippen LogP contribution is -2.41. The van der Waals surface area contributed by atoms with Crippen molar-refractivity contribution in [1.82, 2.24) is 30.0 Å². The minimum atomic E-state index is -0.455. The molecular weight excluding hydrogens is 416 g/mol. The highest BCUT2D eigenvalue weighted by molar-refractivity contribution is 5.74. The van der Waals surface area contributed by atoms with Gasteiger partial charge in [0.1, 0.15) is 17.4 Å². The Balaban J connectivity index is 1.15. The van der Waals surface area contributed by atoms with Gasteiger partial charge in [-0.15, -0.1) is 5.10 Å². The summed E-state index contributed by atoms with van der Waals surface area (Å²) in [7, 11) is 0. The van der Waals surface area contributed by atoms with Gasteiger partial charge in [0.2, 0.25) is 0 Å². The number of nitrogens with zero attached hydrogens (tertiary/aromatic N) is 5. The second-order valence-corrected chi connectivity index (χ2v) is 10.9. The highest BCUT2D eigenvalue weighted by Gasteiger charge is 2.31. The van der Waals surface area contributed by atoms with E-state index >= 15 is 0 Å². The molecule has 178 valence electrons. The van der Waals surface area contributed by atoms with Crippen LogP contribution in [0.3, 0.4) is 0 Å². The fourth-order valence-electron chi connectivity index (χ4n) is 5.62. The Morgan fingerprint density at radius 2 is 2.03 bits per heavy atom. The summed E-state index contributed by atoms with van der Waals surface area (Å²) in [5.41, 5.74) is 4.25. The lowest BCUT2D eigenvalue weighted by molar-refractivity contribution is 0.0505. The molecule has 5 rings (SSSR count). The van der Waals surface area contributed by atoms with Crippen LogP contribution in [-0.2, 0) is 11.2 Å². The normalized spacial score (nSPS) is 25.8. The third kappa shape index (κ3) is 5.05. The molecule has 33 heavy (non-hydrogen) atoms. The number of likely N-dealkylation sites (tertiary alicyclic amines) is 1. The molecule has 1 atom stereocenters. The molecule has 1 amide bonds. The number of aryl methyl sites for hydroxylation is 1. The maximum absolute atomic E-state index is 12.1. The van der Waals surface area contributed by atoms with Gasteiger partial charge in [-0.05, 0) is 71.6 Å². The molecule has 1 unspecified atom stereocenters. The minimum absolute atomic E-state index is 0.187. The van der Waals surface area contributed by atoms with Gasteiger partial charge in [-0.2, -0.15) is 0 Å². The van der Waals surface area contributed by atoms with E-state index in [0.717, 1.165) is 62.9 Å². The van der Waals surface area contributed by atoms with E-state index in [1.807, 2.05) is 31.6 Å². The summed E-state index contributed by atoms with van der Waals surface area (Å²) in [6.07, 6.45) is 13.8. The van der Waals surface area contributed by atoms with E-state index < -0.39 is 5.60 Å². The monoisotopic (exact) mass is 452 g/mol. The number of carbonyl (C=O) groups excluding carboxylic acids is 1. The average molecular weight is 453 g/mol. The summed E-state index contributed by atoms with van der Waals surface area (Å²) in [6.45, 7) is 8.77. The molecule has 3 aliphatic rings. The first-order valence-electron chi connectivity index (χ1n) is 12.5. The van der Waals surface area contributed by atoms with Crippen LogP contribution in [0.2, 0.25) is 0 Å². The van der Waals surface area contributed by atoms with Crippen molar-refractivity contribution >= 4 is 17.7 Å². The maximum atomic E-state index is 12.1. The molecule has 0 spiro atoms. The van der Waals surface area contributed by atoms with Crippen molar-refractivity contribution in [2.75, 3.05) is 19.6 Å². The van der Waals surface area contributed by atoms with E-state index in [2.05, 4.69) is 37.7 Å². The van der Waals surface area contributed by atoms with Crippen LogP contribution in [0.25, 0.3) is 11.6 Å². The van der Waals surface area contributed by atoms with Crippen molar-refractivity contribution in [2.24, 2.45) is 5.92 Å². The third-order valence-electron chi connectivity index (χ3n) is 7.18. The summed E-state index contributed by atoms with van der Waals surface area (Å²) >= 11 is 0. The predicted octanol–water partition coefficient (Wildman–Crippen LogP) is 3.96. The zero-order valence-corrected chi connectivity index (χ0v) is 20.1. The molecule has 0 aromatic carbocycles. The first-order chi connectivity index (χ1) is 15.9. The van der Waals surface area contributed by atoms with Gasteiger partial charge in [-0.3, -0.25) is 0 Å². The zero-order valence-electron chi connectivity index (χ0n) is 20.1. The molecule has 1 saturated carbocycles. The van der Waals surface area contributed by atoms with Gasteiger partial charge < -0.3 is 15.0 Å². The van der Waals surface area contributed by atoms with Crippen molar-refractivity contribution < 1.29 is 9.53 Å². The Labute approximate surface area is 195 Å². The Morgan fingerprint density at radius 1 is 1.21 bits per heavy atom. The Bertz CT molecular complexity index is 1030. The molecule has 2 aromatic heterocycles. The van der Waals surface area contributed by atoms with Crippen LogP contribution in [0.1, 0.15) is 82.2 Å². The molecule has 1 aliphatic heterocycles. The topological polar surface area (TPSA) is 84.6 Å². The molecule has 1 N–H and O–H groups in total. The zero-order chi connectivity index (χ0) is 23.0. The first kappa shape index (κ1) is 22.3. The Morgan fingerprint density at radius 3 is 2.82 bits per heavy atom. The SMILES string of the molecule is CC(C)(C)OC(=O)NC1CCN(CC2CCC(c3nnn4cnc5c(c34)C=CCC5)CC2)C1. The summed E-state index contributed by atoms with van der Waals surface area (Å²) in [4.78, 5) is 19.2. The lowest BCUT2D eigenvalue weighted by Gasteiger charge is -2.30. The van der Waals surface area contributed by atoms with Crippen molar-refractivity contribution in [2.45, 2.75) is 83.3 Å². The van der Waals surface area contributed by atoms with Crippen LogP contribution < -0.4 is 5.32 Å². The van der Waals surface area contributed by atoms with Gasteiger partial charge >= 0.3 is 6.09 Å². The lowest BCUT2D eigenvalue weighted by atomic mass is 9.79. The van der Waals surface area contributed by atoms with E-state index in [9.17, 15) is 4.79 Å².